The van der Waals surface area contributed by atoms with Gasteiger partial charge in [0.05, 0.1) is 12.1 Å². The maximum atomic E-state index is 12.3. The molecular weight excluding hydrogens is 284 g/mol. The fourth-order valence-electron chi connectivity index (χ4n) is 2.87. The maximum Gasteiger partial charge on any atom is 0.248 e. The lowest BCUT2D eigenvalue weighted by Gasteiger charge is -2.32. The number of nitrogens with zero attached hydrogens (tertiary/aromatic N) is 3. The molecule has 2 saturated heterocycles. The number of anilines is 1. The van der Waals surface area contributed by atoms with Crippen molar-refractivity contribution in [2.24, 2.45) is 5.92 Å². The lowest BCUT2D eigenvalue weighted by Crippen LogP contribution is -2.44. The quantitative estimate of drug-likeness (QED) is 0.844. The molecule has 0 bridgehead atoms. The van der Waals surface area contributed by atoms with Crippen molar-refractivity contribution in [2.75, 3.05) is 24.6 Å². The van der Waals surface area contributed by atoms with Crippen LogP contribution in [0.25, 0.3) is 0 Å². The highest BCUT2D eigenvalue weighted by atomic mass is 16.8. The highest BCUT2D eigenvalue weighted by Gasteiger charge is 2.27. The van der Waals surface area contributed by atoms with Crippen molar-refractivity contribution in [3.8, 4) is 0 Å². The number of hydrogen-bond acceptors (Lipinski definition) is 6. The van der Waals surface area contributed by atoms with Crippen LogP contribution >= 0.6 is 0 Å². The Labute approximate surface area is 130 Å². The zero-order valence-corrected chi connectivity index (χ0v) is 12.6. The fourth-order valence-corrected chi connectivity index (χ4v) is 2.87. The molecule has 7 nitrogen and oxygen atoms in total. The molecule has 0 spiro atoms. The van der Waals surface area contributed by atoms with Crippen LogP contribution in [0.1, 0.15) is 32.1 Å². The predicted molar refractivity (Wildman–Crippen MR) is 79.8 cm³/mol. The molecule has 0 unspecified atom stereocenters. The highest BCUT2D eigenvalue weighted by Crippen LogP contribution is 2.21. The third kappa shape index (κ3) is 3.92. The van der Waals surface area contributed by atoms with Gasteiger partial charge in [-0.25, -0.2) is 15.3 Å². The van der Waals surface area contributed by atoms with Gasteiger partial charge in [-0.3, -0.25) is 9.78 Å². The van der Waals surface area contributed by atoms with Crippen LogP contribution in [0.4, 0.5) is 5.82 Å². The zero-order valence-electron chi connectivity index (χ0n) is 12.6. The molecule has 120 valence electrons. The number of hydroxylamine groups is 1. The molecule has 1 N–H and O–H groups in total. The van der Waals surface area contributed by atoms with E-state index in [1.165, 1.54) is 0 Å². The SMILES string of the molecule is O=C(NO[C@H]1CCCCO1)[C@@H]1CCCN(c2cnccn2)C1. The molecule has 2 aliphatic heterocycles. The first-order chi connectivity index (χ1) is 10.8. The van der Waals surface area contributed by atoms with E-state index in [0.717, 1.165) is 44.5 Å². The van der Waals surface area contributed by atoms with Crippen LogP contribution in [-0.4, -0.2) is 41.9 Å². The van der Waals surface area contributed by atoms with Crippen molar-refractivity contribution in [2.45, 2.75) is 38.4 Å². The predicted octanol–water partition coefficient (Wildman–Crippen LogP) is 1.27. The molecule has 2 fully saturated rings. The lowest BCUT2D eigenvalue weighted by molar-refractivity contribution is -0.202. The second-order valence-corrected chi connectivity index (χ2v) is 5.73. The summed E-state index contributed by atoms with van der Waals surface area (Å²) in [6, 6.07) is 0. The van der Waals surface area contributed by atoms with Crippen molar-refractivity contribution >= 4 is 11.7 Å². The summed E-state index contributed by atoms with van der Waals surface area (Å²) in [5.74, 6) is 0.638. The number of nitrogens with one attached hydrogen (secondary N) is 1. The van der Waals surface area contributed by atoms with Gasteiger partial charge in [-0.2, -0.15) is 0 Å². The topological polar surface area (TPSA) is 76.6 Å². The average molecular weight is 306 g/mol. The third-order valence-electron chi connectivity index (χ3n) is 4.09. The number of amides is 1. The molecule has 0 aliphatic carbocycles. The van der Waals surface area contributed by atoms with Crippen LogP contribution in [0.2, 0.25) is 0 Å². The molecule has 1 aromatic rings. The van der Waals surface area contributed by atoms with Crippen LogP contribution < -0.4 is 10.4 Å². The van der Waals surface area contributed by atoms with Gasteiger partial charge in [0.25, 0.3) is 0 Å². The number of piperidine rings is 1. The molecule has 3 heterocycles. The van der Waals surface area contributed by atoms with E-state index in [1.807, 2.05) is 0 Å². The maximum absolute atomic E-state index is 12.3. The molecule has 1 aromatic heterocycles. The average Bonchev–Trinajstić information content (AvgIpc) is 2.61. The minimum absolute atomic E-state index is 0.0808. The van der Waals surface area contributed by atoms with Crippen LogP contribution in [0.15, 0.2) is 18.6 Å². The Kier molecular flexibility index (Phi) is 5.18. The highest BCUT2D eigenvalue weighted by molar-refractivity contribution is 5.78. The molecule has 22 heavy (non-hydrogen) atoms. The van der Waals surface area contributed by atoms with E-state index in [4.69, 9.17) is 9.57 Å². The Morgan fingerprint density at radius 3 is 3.05 bits per heavy atom. The third-order valence-corrected chi connectivity index (χ3v) is 4.09. The standard InChI is InChI=1S/C15H22N4O3/c20-15(18-22-14-5-1-2-9-21-14)12-4-3-8-19(11-12)13-10-16-6-7-17-13/h6-7,10,12,14H,1-5,8-9,11H2,(H,18,20)/t12-,14+/m1/s1. The second kappa shape index (κ2) is 7.51. The minimum Gasteiger partial charge on any atom is -0.355 e. The largest absolute Gasteiger partial charge is 0.355 e. The van der Waals surface area contributed by atoms with E-state index in [-0.39, 0.29) is 18.1 Å². The van der Waals surface area contributed by atoms with E-state index in [9.17, 15) is 4.79 Å². The fraction of sp³-hybridized carbons (Fsp3) is 0.667. The van der Waals surface area contributed by atoms with E-state index in [2.05, 4.69) is 20.3 Å². The van der Waals surface area contributed by atoms with Gasteiger partial charge in [0, 0.05) is 38.5 Å². The van der Waals surface area contributed by atoms with Crippen LogP contribution in [0.5, 0.6) is 0 Å². The van der Waals surface area contributed by atoms with Gasteiger partial charge in [-0.15, -0.1) is 0 Å². The van der Waals surface area contributed by atoms with Crippen molar-refractivity contribution in [3.05, 3.63) is 18.6 Å². The van der Waals surface area contributed by atoms with Crippen LogP contribution in [0.3, 0.4) is 0 Å². The van der Waals surface area contributed by atoms with Crippen LogP contribution in [0, 0.1) is 5.92 Å². The Balaban J connectivity index is 1.49. The van der Waals surface area contributed by atoms with Gasteiger partial charge in [0.2, 0.25) is 5.91 Å². The van der Waals surface area contributed by atoms with Crippen molar-refractivity contribution < 1.29 is 14.4 Å². The Morgan fingerprint density at radius 1 is 1.32 bits per heavy atom. The Morgan fingerprint density at radius 2 is 2.27 bits per heavy atom. The number of carbonyl (C=O) groups is 1. The zero-order chi connectivity index (χ0) is 15.2. The molecule has 2 aliphatic rings. The summed E-state index contributed by atoms with van der Waals surface area (Å²) in [4.78, 5) is 28.1. The second-order valence-electron chi connectivity index (χ2n) is 5.73. The summed E-state index contributed by atoms with van der Waals surface area (Å²) in [5, 5.41) is 0. The van der Waals surface area contributed by atoms with E-state index >= 15 is 0 Å². The van der Waals surface area contributed by atoms with E-state index in [1.54, 1.807) is 18.6 Å². The first kappa shape index (κ1) is 15.2. The lowest BCUT2D eigenvalue weighted by atomic mass is 9.97. The summed E-state index contributed by atoms with van der Waals surface area (Å²) in [5.41, 5.74) is 2.57. The molecule has 0 saturated carbocycles. The number of aromatic nitrogens is 2. The summed E-state index contributed by atoms with van der Waals surface area (Å²) in [7, 11) is 0. The number of ether oxygens (including phenoxy) is 1. The minimum atomic E-state index is -0.308. The van der Waals surface area contributed by atoms with Crippen molar-refractivity contribution in [1.29, 1.82) is 0 Å². The Bertz CT molecular complexity index is 479. The van der Waals surface area contributed by atoms with Gasteiger partial charge < -0.3 is 9.64 Å². The molecule has 1 amide bonds. The van der Waals surface area contributed by atoms with Crippen molar-refractivity contribution in [1.82, 2.24) is 15.4 Å². The first-order valence-electron chi connectivity index (χ1n) is 7.91. The van der Waals surface area contributed by atoms with E-state index < -0.39 is 0 Å². The van der Waals surface area contributed by atoms with Crippen LogP contribution in [-0.2, 0) is 14.4 Å². The molecule has 0 radical (unpaired) electrons. The van der Waals surface area contributed by atoms with Gasteiger partial charge >= 0.3 is 0 Å². The molecule has 2 atom stereocenters. The van der Waals surface area contributed by atoms with Gasteiger partial charge in [0.15, 0.2) is 6.29 Å². The Hall–Kier alpha value is -1.73. The smallest absolute Gasteiger partial charge is 0.248 e. The first-order valence-corrected chi connectivity index (χ1v) is 7.91. The summed E-state index contributed by atoms with van der Waals surface area (Å²) >= 11 is 0. The number of rotatable bonds is 4. The molecule has 7 heteroatoms. The van der Waals surface area contributed by atoms with E-state index in [0.29, 0.717) is 13.2 Å². The molecule has 3 rings (SSSR count). The summed E-state index contributed by atoms with van der Waals surface area (Å²) < 4.78 is 5.44. The number of carbonyl (C=O) groups excluding carboxylic acids is 1. The normalized spacial score (nSPS) is 25.7. The monoisotopic (exact) mass is 306 g/mol. The molecule has 0 aromatic carbocycles. The number of hydrogen-bond donors (Lipinski definition) is 1. The summed E-state index contributed by atoms with van der Waals surface area (Å²) in [6.45, 7) is 2.24. The molecular formula is C15H22N4O3. The van der Waals surface area contributed by atoms with Crippen molar-refractivity contribution in [3.63, 3.8) is 0 Å². The van der Waals surface area contributed by atoms with Gasteiger partial charge in [-0.05, 0) is 25.7 Å². The van der Waals surface area contributed by atoms with Gasteiger partial charge in [0.1, 0.15) is 5.82 Å². The summed E-state index contributed by atoms with van der Waals surface area (Å²) in [6.07, 6.45) is 9.51. The van der Waals surface area contributed by atoms with Gasteiger partial charge in [-0.1, -0.05) is 0 Å².